The number of nitrogens with one attached hydrogen (secondary N) is 1. The molecule has 2 atom stereocenters. The first-order valence-corrected chi connectivity index (χ1v) is 7.87. The Balaban J connectivity index is 1.80. The number of aromatic amines is 1. The Bertz CT molecular complexity index is 593. The van der Waals surface area contributed by atoms with Gasteiger partial charge < -0.3 is 14.3 Å². The van der Waals surface area contributed by atoms with Gasteiger partial charge in [-0.2, -0.15) is 0 Å². The minimum absolute atomic E-state index is 0.235. The van der Waals surface area contributed by atoms with Crippen LogP contribution in [0.1, 0.15) is 43.3 Å². The summed E-state index contributed by atoms with van der Waals surface area (Å²) in [6.45, 7) is 6.80. The number of ether oxygens (including phenoxy) is 1. The standard InChI is InChI=1S/C15H24N6O/c1-4-7-21-11(2)18-19-14(21)10-20-9-12(22-3)8-13(20)15-16-5-6-17-15/h5-6,12-13H,4,7-10H2,1-3H3,(H,16,17)/t12-,13+/m1/s1. The average molecular weight is 304 g/mol. The molecule has 2 aromatic heterocycles. The van der Waals surface area contributed by atoms with Gasteiger partial charge in [0, 0.05) is 32.6 Å². The summed E-state index contributed by atoms with van der Waals surface area (Å²) >= 11 is 0. The number of H-pyrrole nitrogens is 1. The van der Waals surface area contributed by atoms with E-state index >= 15 is 0 Å². The van der Waals surface area contributed by atoms with Crippen molar-refractivity contribution in [2.24, 2.45) is 0 Å². The summed E-state index contributed by atoms with van der Waals surface area (Å²) in [7, 11) is 1.77. The molecule has 120 valence electrons. The second-order valence-corrected chi connectivity index (χ2v) is 5.83. The van der Waals surface area contributed by atoms with Crippen LogP contribution in [0.3, 0.4) is 0 Å². The minimum atomic E-state index is 0.235. The molecule has 0 amide bonds. The molecule has 0 bridgehead atoms. The fourth-order valence-electron chi connectivity index (χ4n) is 3.19. The Morgan fingerprint density at radius 1 is 1.41 bits per heavy atom. The van der Waals surface area contributed by atoms with E-state index in [1.165, 1.54) is 0 Å². The maximum Gasteiger partial charge on any atom is 0.147 e. The van der Waals surface area contributed by atoms with Gasteiger partial charge in [-0.25, -0.2) is 4.98 Å². The van der Waals surface area contributed by atoms with Crippen LogP contribution < -0.4 is 0 Å². The van der Waals surface area contributed by atoms with Gasteiger partial charge in [-0.05, 0) is 19.8 Å². The van der Waals surface area contributed by atoms with E-state index < -0.39 is 0 Å². The maximum absolute atomic E-state index is 5.56. The molecule has 1 aliphatic heterocycles. The van der Waals surface area contributed by atoms with Crippen molar-refractivity contribution < 1.29 is 4.74 Å². The number of nitrogens with zero attached hydrogens (tertiary/aromatic N) is 5. The van der Waals surface area contributed by atoms with E-state index in [1.54, 1.807) is 13.3 Å². The number of hydrogen-bond acceptors (Lipinski definition) is 5. The second-order valence-electron chi connectivity index (χ2n) is 5.83. The molecule has 1 N–H and O–H groups in total. The van der Waals surface area contributed by atoms with Crippen LogP contribution in [0.5, 0.6) is 0 Å². The van der Waals surface area contributed by atoms with E-state index in [1.807, 2.05) is 13.1 Å². The third-order valence-electron chi connectivity index (χ3n) is 4.34. The van der Waals surface area contributed by atoms with E-state index in [-0.39, 0.29) is 12.1 Å². The van der Waals surface area contributed by atoms with Gasteiger partial charge in [0.2, 0.25) is 0 Å². The molecule has 2 aromatic rings. The normalized spacial score (nSPS) is 22.5. The van der Waals surface area contributed by atoms with Gasteiger partial charge in [0.1, 0.15) is 17.5 Å². The number of likely N-dealkylation sites (tertiary alicyclic amines) is 1. The van der Waals surface area contributed by atoms with Crippen molar-refractivity contribution in [1.82, 2.24) is 29.6 Å². The van der Waals surface area contributed by atoms with Crippen molar-refractivity contribution in [3.8, 4) is 0 Å². The summed E-state index contributed by atoms with van der Waals surface area (Å²) in [5.41, 5.74) is 0. The molecule has 7 heteroatoms. The molecule has 1 aliphatic rings. The maximum atomic E-state index is 5.56. The highest BCUT2D eigenvalue weighted by Crippen LogP contribution is 2.32. The van der Waals surface area contributed by atoms with Crippen LogP contribution in [0.2, 0.25) is 0 Å². The van der Waals surface area contributed by atoms with Crippen molar-refractivity contribution in [3.63, 3.8) is 0 Å². The van der Waals surface area contributed by atoms with Crippen molar-refractivity contribution >= 4 is 0 Å². The molecule has 0 unspecified atom stereocenters. The Hall–Kier alpha value is -1.73. The Morgan fingerprint density at radius 2 is 2.27 bits per heavy atom. The summed E-state index contributed by atoms with van der Waals surface area (Å²) in [5.74, 6) is 3.00. The molecule has 3 rings (SSSR count). The van der Waals surface area contributed by atoms with Crippen LogP contribution in [0.15, 0.2) is 12.4 Å². The van der Waals surface area contributed by atoms with E-state index in [2.05, 4.69) is 36.6 Å². The predicted octanol–water partition coefficient (Wildman–Crippen LogP) is 1.68. The Kier molecular flexibility index (Phi) is 4.54. The molecule has 22 heavy (non-hydrogen) atoms. The first-order chi connectivity index (χ1) is 10.7. The fraction of sp³-hybridized carbons (Fsp3) is 0.667. The molecule has 1 fully saturated rings. The quantitative estimate of drug-likeness (QED) is 0.879. The Morgan fingerprint density at radius 3 is 2.95 bits per heavy atom. The number of aryl methyl sites for hydroxylation is 1. The van der Waals surface area contributed by atoms with Gasteiger partial charge in [0.05, 0.1) is 18.7 Å². The molecule has 0 spiro atoms. The number of imidazole rings is 1. The molecular formula is C15H24N6O. The van der Waals surface area contributed by atoms with Gasteiger partial charge >= 0.3 is 0 Å². The molecule has 0 radical (unpaired) electrons. The molecule has 0 aliphatic carbocycles. The number of methoxy groups -OCH3 is 1. The van der Waals surface area contributed by atoms with Crippen molar-refractivity contribution in [2.75, 3.05) is 13.7 Å². The first kappa shape index (κ1) is 15.2. The number of aromatic nitrogens is 5. The zero-order valence-corrected chi connectivity index (χ0v) is 13.5. The van der Waals surface area contributed by atoms with Crippen molar-refractivity contribution in [3.05, 3.63) is 29.9 Å². The zero-order valence-electron chi connectivity index (χ0n) is 13.5. The summed E-state index contributed by atoms with van der Waals surface area (Å²) in [6, 6.07) is 0.243. The fourth-order valence-corrected chi connectivity index (χ4v) is 3.19. The zero-order chi connectivity index (χ0) is 15.5. The molecule has 3 heterocycles. The lowest BCUT2D eigenvalue weighted by atomic mass is 10.2. The van der Waals surface area contributed by atoms with Crippen LogP contribution in [0, 0.1) is 6.92 Å². The lowest BCUT2D eigenvalue weighted by Gasteiger charge is -2.22. The SMILES string of the molecule is CCCn1c(C)nnc1CN1C[C@H](OC)C[C@H]1c1ncc[nH]1. The summed E-state index contributed by atoms with van der Waals surface area (Å²) < 4.78 is 7.77. The third-order valence-corrected chi connectivity index (χ3v) is 4.34. The van der Waals surface area contributed by atoms with Gasteiger partial charge in [0.25, 0.3) is 0 Å². The van der Waals surface area contributed by atoms with E-state index in [0.717, 1.165) is 49.9 Å². The van der Waals surface area contributed by atoms with Crippen LogP contribution in [-0.2, 0) is 17.8 Å². The van der Waals surface area contributed by atoms with E-state index in [0.29, 0.717) is 0 Å². The largest absolute Gasteiger partial charge is 0.380 e. The third kappa shape index (κ3) is 2.91. The van der Waals surface area contributed by atoms with Crippen molar-refractivity contribution in [1.29, 1.82) is 0 Å². The summed E-state index contributed by atoms with van der Waals surface area (Å²) in [4.78, 5) is 10.0. The first-order valence-electron chi connectivity index (χ1n) is 7.87. The van der Waals surface area contributed by atoms with E-state index in [4.69, 9.17) is 4.74 Å². The smallest absolute Gasteiger partial charge is 0.147 e. The highest BCUT2D eigenvalue weighted by molar-refractivity contribution is 5.04. The molecule has 1 saturated heterocycles. The van der Waals surface area contributed by atoms with Crippen LogP contribution in [0.25, 0.3) is 0 Å². The summed E-state index contributed by atoms with van der Waals surface area (Å²) in [6.07, 6.45) is 5.94. The van der Waals surface area contributed by atoms with E-state index in [9.17, 15) is 0 Å². The number of rotatable bonds is 6. The molecule has 0 saturated carbocycles. The van der Waals surface area contributed by atoms with Gasteiger partial charge in [-0.1, -0.05) is 6.92 Å². The Labute approximate surface area is 130 Å². The van der Waals surface area contributed by atoms with Gasteiger partial charge in [-0.15, -0.1) is 10.2 Å². The molecular weight excluding hydrogens is 280 g/mol. The highest BCUT2D eigenvalue weighted by atomic mass is 16.5. The monoisotopic (exact) mass is 304 g/mol. The van der Waals surface area contributed by atoms with Crippen LogP contribution >= 0.6 is 0 Å². The molecule has 7 nitrogen and oxygen atoms in total. The van der Waals surface area contributed by atoms with Crippen molar-refractivity contribution in [2.45, 2.75) is 51.9 Å². The second kappa shape index (κ2) is 6.58. The topological polar surface area (TPSA) is 71.9 Å². The highest BCUT2D eigenvalue weighted by Gasteiger charge is 2.35. The predicted molar refractivity (Wildman–Crippen MR) is 82.2 cm³/mol. The van der Waals surface area contributed by atoms with Crippen LogP contribution in [0.4, 0.5) is 0 Å². The van der Waals surface area contributed by atoms with Gasteiger partial charge in [0.15, 0.2) is 0 Å². The molecule has 0 aromatic carbocycles. The summed E-state index contributed by atoms with van der Waals surface area (Å²) in [5, 5.41) is 8.60. The minimum Gasteiger partial charge on any atom is -0.380 e. The van der Waals surface area contributed by atoms with Crippen LogP contribution in [-0.4, -0.2) is 49.4 Å². The lowest BCUT2D eigenvalue weighted by Crippen LogP contribution is -2.27. The van der Waals surface area contributed by atoms with Gasteiger partial charge in [-0.3, -0.25) is 4.90 Å². The average Bonchev–Trinajstić information content (AvgIpc) is 3.23. The number of hydrogen-bond donors (Lipinski definition) is 1. The lowest BCUT2D eigenvalue weighted by molar-refractivity contribution is 0.106.